The summed E-state index contributed by atoms with van der Waals surface area (Å²) in [5.41, 5.74) is 4.53. The molecule has 2 N–H and O–H groups in total. The van der Waals surface area contributed by atoms with Crippen LogP contribution in [0.4, 0.5) is 0 Å². The van der Waals surface area contributed by atoms with Crippen LogP contribution in [0.3, 0.4) is 0 Å². The average Bonchev–Trinajstić information content (AvgIpc) is 2.72. The van der Waals surface area contributed by atoms with E-state index in [9.17, 15) is 13.2 Å². The van der Waals surface area contributed by atoms with Gasteiger partial charge in [0.2, 0.25) is 5.91 Å². The van der Waals surface area contributed by atoms with Gasteiger partial charge < -0.3 is 5.73 Å². The first-order valence-electron chi connectivity index (χ1n) is 10.8. The molecule has 0 aliphatic heterocycles. The van der Waals surface area contributed by atoms with Crippen LogP contribution in [0, 0.1) is 0 Å². The molecule has 7 heteroatoms. The van der Waals surface area contributed by atoms with E-state index in [1.807, 2.05) is 0 Å². The zero-order chi connectivity index (χ0) is 21.8. The van der Waals surface area contributed by atoms with E-state index in [-0.39, 0.29) is 41.1 Å². The Morgan fingerprint density at radius 1 is 0.900 bits per heavy atom. The second-order valence-corrected chi connectivity index (χ2v) is 8.70. The number of amides is 1. The van der Waals surface area contributed by atoms with Crippen molar-refractivity contribution >= 4 is 45.6 Å². The molecule has 0 heterocycles. The van der Waals surface area contributed by atoms with Crippen molar-refractivity contribution in [3.63, 3.8) is 0 Å². The molecule has 1 amide bonds. The van der Waals surface area contributed by atoms with Gasteiger partial charge >= 0.3 is 29.6 Å². The summed E-state index contributed by atoms with van der Waals surface area (Å²) in [5.74, 6) is -0.481. The van der Waals surface area contributed by atoms with Crippen molar-refractivity contribution in [3.8, 4) is 0 Å². The molecule has 0 aliphatic carbocycles. The van der Waals surface area contributed by atoms with Crippen molar-refractivity contribution in [1.29, 1.82) is 0 Å². The zero-order valence-corrected chi connectivity index (χ0v) is 18.8. The molecule has 1 aromatic rings. The Labute approximate surface area is 206 Å². The van der Waals surface area contributed by atoms with Gasteiger partial charge in [0.1, 0.15) is 0 Å². The van der Waals surface area contributed by atoms with Crippen LogP contribution in [0.15, 0.2) is 47.9 Å². The van der Waals surface area contributed by atoms with Crippen LogP contribution in [0.2, 0.25) is 0 Å². The van der Waals surface area contributed by atoms with Crippen molar-refractivity contribution in [2.45, 2.75) is 88.9 Å². The van der Waals surface area contributed by atoms with Crippen LogP contribution >= 0.6 is 0 Å². The molecule has 0 fully saturated rings. The van der Waals surface area contributed by atoms with E-state index in [1.54, 1.807) is 30.3 Å². The third kappa shape index (κ3) is 19.3. The fourth-order valence-corrected chi connectivity index (χ4v) is 3.73. The summed E-state index contributed by atoms with van der Waals surface area (Å²) >= 11 is 0. The Kier molecular flexibility index (Phi) is 22.7. The number of hydrogen-bond acceptors (Lipinski definition) is 4. The van der Waals surface area contributed by atoms with Crippen LogP contribution < -0.4 is 5.73 Å². The summed E-state index contributed by atoms with van der Waals surface area (Å²) in [6.07, 6.45) is 16.2. The molecule has 0 saturated heterocycles. The third-order valence-electron chi connectivity index (χ3n) is 4.47. The number of primary amides is 1. The molecule has 0 radical (unpaired) electrons. The topological polar surface area (TPSA) is 86.5 Å². The summed E-state index contributed by atoms with van der Waals surface area (Å²) in [4.78, 5) is 9.71. The van der Waals surface area contributed by atoms with E-state index in [0.717, 1.165) is 18.9 Å². The normalized spacial score (nSPS) is 10.4. The average molecular weight is 450 g/mol. The summed E-state index contributed by atoms with van der Waals surface area (Å²) in [6.45, 7) is 5.62. The fourth-order valence-electron chi connectivity index (χ4n) is 2.77. The number of nitrogens with two attached hydrogens (primary N) is 1. The first-order valence-corrected chi connectivity index (χ1v) is 12.2. The molecule has 0 atom stereocenters. The summed E-state index contributed by atoms with van der Waals surface area (Å²) in [6, 6.07) is 8.35. The Morgan fingerprint density at radius 3 is 1.70 bits per heavy atom. The number of rotatable bonds is 16. The van der Waals surface area contributed by atoms with Gasteiger partial charge in [-0.15, -0.1) is 0 Å². The molecule has 0 aromatic heterocycles. The molecule has 0 aliphatic rings. The van der Waals surface area contributed by atoms with E-state index in [0.29, 0.717) is 0 Å². The van der Waals surface area contributed by atoms with Crippen LogP contribution in [-0.2, 0) is 19.1 Å². The quantitative estimate of drug-likeness (QED) is 0.165. The molecule has 0 unspecified atom stereocenters. The van der Waals surface area contributed by atoms with Crippen molar-refractivity contribution in [3.05, 3.63) is 43.0 Å². The summed E-state index contributed by atoms with van der Waals surface area (Å²) < 4.78 is 28.9. The SMILES string of the molecule is C=CC(N)=O.CCCCCCCCCCCCCCOS(=O)(=O)c1ccccc1.[NaH]. The molecule has 168 valence electrons. The maximum atomic E-state index is 11.9. The number of carbonyl (C=O) groups is 1. The molecular formula is C23H40NNaO4S. The fraction of sp³-hybridized carbons (Fsp3) is 0.609. The van der Waals surface area contributed by atoms with E-state index < -0.39 is 16.0 Å². The van der Waals surface area contributed by atoms with Gasteiger partial charge in [-0.25, -0.2) is 0 Å². The Balaban J connectivity index is 0. The molecule has 0 spiro atoms. The molecule has 0 saturated carbocycles. The van der Waals surface area contributed by atoms with E-state index in [1.165, 1.54) is 64.2 Å². The Morgan fingerprint density at radius 2 is 1.30 bits per heavy atom. The van der Waals surface area contributed by atoms with Gasteiger partial charge in [-0.05, 0) is 24.6 Å². The van der Waals surface area contributed by atoms with Crippen molar-refractivity contribution in [1.82, 2.24) is 0 Å². The van der Waals surface area contributed by atoms with Crippen molar-refractivity contribution < 1.29 is 17.4 Å². The summed E-state index contributed by atoms with van der Waals surface area (Å²) in [5, 5.41) is 0. The minimum atomic E-state index is -3.57. The van der Waals surface area contributed by atoms with Crippen LogP contribution in [0.5, 0.6) is 0 Å². The maximum absolute atomic E-state index is 11.9. The molecule has 1 rings (SSSR count). The second kappa shape index (κ2) is 21.6. The van der Waals surface area contributed by atoms with Crippen LogP contribution in [0.1, 0.15) is 84.0 Å². The predicted octanol–water partition coefficient (Wildman–Crippen LogP) is 5.10. The number of carbonyl (C=O) groups excluding carboxylic acids is 1. The molecule has 30 heavy (non-hydrogen) atoms. The van der Waals surface area contributed by atoms with Gasteiger partial charge in [0.15, 0.2) is 0 Å². The molecule has 0 bridgehead atoms. The minimum absolute atomic E-state index is 0. The van der Waals surface area contributed by atoms with E-state index in [4.69, 9.17) is 4.18 Å². The van der Waals surface area contributed by atoms with Gasteiger partial charge in [-0.1, -0.05) is 102 Å². The van der Waals surface area contributed by atoms with Crippen molar-refractivity contribution in [2.24, 2.45) is 5.73 Å². The second-order valence-electron chi connectivity index (χ2n) is 7.08. The first kappa shape index (κ1) is 31.5. The Bertz CT molecular complexity index is 636. The standard InChI is InChI=1S/C20H34O3S.C3H5NO.Na.H/c1-2-3-4-5-6-7-8-9-10-11-12-16-19-23-24(21,22)20-17-14-13-15-18-20;1-2-3(4)5;;/h13-15,17-18H,2-12,16,19H2,1H3;2H,1H2,(H2,4,5);;. The van der Waals surface area contributed by atoms with Gasteiger partial charge in [0, 0.05) is 0 Å². The molecule has 5 nitrogen and oxygen atoms in total. The van der Waals surface area contributed by atoms with Crippen LogP contribution in [0.25, 0.3) is 0 Å². The monoisotopic (exact) mass is 449 g/mol. The summed E-state index contributed by atoms with van der Waals surface area (Å²) in [7, 11) is -3.57. The van der Waals surface area contributed by atoms with Crippen LogP contribution in [-0.4, -0.2) is 50.5 Å². The number of benzene rings is 1. The van der Waals surface area contributed by atoms with E-state index in [2.05, 4.69) is 19.2 Å². The first-order chi connectivity index (χ1) is 13.9. The number of unbranched alkanes of at least 4 members (excludes halogenated alkanes) is 11. The van der Waals surface area contributed by atoms with Gasteiger partial charge in [-0.2, -0.15) is 8.42 Å². The predicted molar refractivity (Wildman–Crippen MR) is 127 cm³/mol. The number of hydrogen-bond donors (Lipinski definition) is 1. The molecule has 1 aromatic carbocycles. The van der Waals surface area contributed by atoms with Gasteiger partial charge in [-0.3, -0.25) is 8.98 Å². The van der Waals surface area contributed by atoms with Gasteiger partial charge in [0.25, 0.3) is 10.1 Å². The Hall–Kier alpha value is -0.660. The molecular weight excluding hydrogens is 409 g/mol. The third-order valence-corrected chi connectivity index (χ3v) is 5.80. The van der Waals surface area contributed by atoms with E-state index >= 15 is 0 Å². The zero-order valence-electron chi connectivity index (χ0n) is 18.0. The van der Waals surface area contributed by atoms with Crippen molar-refractivity contribution in [2.75, 3.05) is 6.61 Å². The van der Waals surface area contributed by atoms with Gasteiger partial charge in [0.05, 0.1) is 11.5 Å².